The van der Waals surface area contributed by atoms with Gasteiger partial charge in [0.25, 0.3) is 0 Å². The number of hydrogen-bond acceptors (Lipinski definition) is 3. The van der Waals surface area contributed by atoms with Gasteiger partial charge < -0.3 is 15.0 Å². The van der Waals surface area contributed by atoms with Crippen LogP contribution in [0.4, 0.5) is 0 Å². The smallest absolute Gasteiger partial charge is 0.119 e. The first-order chi connectivity index (χ1) is 17.6. The molecule has 1 aromatic carbocycles. The van der Waals surface area contributed by atoms with Crippen LogP contribution in [0.5, 0.6) is 5.75 Å². The highest BCUT2D eigenvalue weighted by Gasteiger charge is 2.17. The fourth-order valence-electron chi connectivity index (χ4n) is 4.53. The first-order valence-corrected chi connectivity index (χ1v) is 14.6. The molecule has 0 heterocycles. The van der Waals surface area contributed by atoms with Crippen molar-refractivity contribution in [3.8, 4) is 5.75 Å². The zero-order valence-corrected chi connectivity index (χ0v) is 25.4. The van der Waals surface area contributed by atoms with Gasteiger partial charge in [0.2, 0.25) is 0 Å². The highest BCUT2D eigenvalue weighted by molar-refractivity contribution is 5.52. The average Bonchev–Trinajstić information content (AvgIpc) is 2.85. The largest absolute Gasteiger partial charge is 0.494 e. The van der Waals surface area contributed by atoms with Crippen molar-refractivity contribution in [2.45, 2.75) is 92.4 Å². The van der Waals surface area contributed by atoms with Gasteiger partial charge in [-0.05, 0) is 122 Å². The number of nitrogens with zero attached hydrogens (tertiary/aromatic N) is 1. The maximum Gasteiger partial charge on any atom is 0.119 e. The van der Waals surface area contributed by atoms with E-state index in [1.807, 2.05) is 7.05 Å². The van der Waals surface area contributed by atoms with E-state index in [0.717, 1.165) is 44.7 Å². The summed E-state index contributed by atoms with van der Waals surface area (Å²) in [5.74, 6) is 0.956. The third-order valence-electron chi connectivity index (χ3n) is 7.37. The minimum Gasteiger partial charge on any atom is -0.494 e. The van der Waals surface area contributed by atoms with Gasteiger partial charge in [0.05, 0.1) is 6.61 Å². The summed E-state index contributed by atoms with van der Waals surface area (Å²) in [6, 6.07) is 8.45. The molecule has 3 heteroatoms. The summed E-state index contributed by atoms with van der Waals surface area (Å²) in [4.78, 5) is 2.48. The average molecular weight is 511 g/mol. The number of benzene rings is 1. The fraction of sp³-hybridized carbons (Fsp3) is 0.647. The van der Waals surface area contributed by atoms with E-state index in [9.17, 15) is 0 Å². The summed E-state index contributed by atoms with van der Waals surface area (Å²) < 4.78 is 6.00. The van der Waals surface area contributed by atoms with Crippen molar-refractivity contribution < 1.29 is 4.74 Å². The maximum atomic E-state index is 6.00. The Morgan fingerprint density at radius 3 is 2.27 bits per heavy atom. The Hall–Kier alpha value is -1.84. The van der Waals surface area contributed by atoms with Crippen LogP contribution >= 0.6 is 0 Å². The summed E-state index contributed by atoms with van der Waals surface area (Å²) in [6.07, 6.45) is 19.8. The molecular weight excluding hydrogens is 452 g/mol. The van der Waals surface area contributed by atoms with Crippen molar-refractivity contribution in [2.24, 2.45) is 10.8 Å². The van der Waals surface area contributed by atoms with Crippen molar-refractivity contribution >= 4 is 6.08 Å². The Morgan fingerprint density at radius 1 is 0.946 bits per heavy atom. The zero-order valence-electron chi connectivity index (χ0n) is 25.4. The standard InChI is InChI=1S/C34H58N2O/c1-9-34(6,24-14-16-30(2)3)25-21-31-17-19-32(20-18-31)37-29-13-12-27-36(8)28-15-23-33(4,5)22-10-11-26-35-7/h9,16-21,25,35H,1,10-15,22-24,26-29H2,2-8H3/b25-21+/t34-/m1/s1. The molecule has 37 heavy (non-hydrogen) atoms. The molecule has 0 aliphatic heterocycles. The van der Waals surface area contributed by atoms with Crippen LogP contribution in [0.15, 0.2) is 54.6 Å². The molecule has 1 N–H and O–H groups in total. The summed E-state index contributed by atoms with van der Waals surface area (Å²) in [6.45, 7) is 19.7. The molecular formula is C34H58N2O. The van der Waals surface area contributed by atoms with E-state index in [1.54, 1.807) is 0 Å². The van der Waals surface area contributed by atoms with Crippen LogP contribution in [-0.2, 0) is 0 Å². The van der Waals surface area contributed by atoms with Gasteiger partial charge in [0.15, 0.2) is 0 Å². The molecule has 1 aromatic rings. The van der Waals surface area contributed by atoms with Gasteiger partial charge >= 0.3 is 0 Å². The van der Waals surface area contributed by atoms with Gasteiger partial charge in [0, 0.05) is 5.41 Å². The molecule has 0 amide bonds. The number of unbranched alkanes of at least 4 members (excludes halogenated alkanes) is 2. The first kappa shape index (κ1) is 33.2. The van der Waals surface area contributed by atoms with Gasteiger partial charge in [0.1, 0.15) is 5.75 Å². The monoisotopic (exact) mass is 510 g/mol. The molecule has 0 bridgehead atoms. The third kappa shape index (κ3) is 16.6. The molecule has 0 saturated carbocycles. The quantitative estimate of drug-likeness (QED) is 0.132. The van der Waals surface area contributed by atoms with Crippen LogP contribution in [0.3, 0.4) is 0 Å². The zero-order chi connectivity index (χ0) is 27.6. The van der Waals surface area contributed by atoms with Gasteiger partial charge in [-0.1, -0.05) is 69.2 Å². The SMILES string of the molecule is C=C[C@@](C)(/C=C/c1ccc(OCCCCN(C)CCCC(C)(C)CCCCNC)cc1)CCC=C(C)C. The van der Waals surface area contributed by atoms with Gasteiger partial charge in [-0.3, -0.25) is 0 Å². The first-order valence-electron chi connectivity index (χ1n) is 14.6. The Balaban J connectivity index is 2.25. The number of ether oxygens (including phenoxy) is 1. The molecule has 1 atom stereocenters. The molecule has 1 rings (SSSR count). The fourth-order valence-corrected chi connectivity index (χ4v) is 4.53. The molecule has 210 valence electrons. The number of allylic oxidation sites excluding steroid dienone is 4. The predicted octanol–water partition coefficient (Wildman–Crippen LogP) is 8.93. The molecule has 3 nitrogen and oxygen atoms in total. The highest BCUT2D eigenvalue weighted by atomic mass is 16.5. The van der Waals surface area contributed by atoms with Crippen LogP contribution in [0.1, 0.15) is 98.0 Å². The molecule has 0 aromatic heterocycles. The van der Waals surface area contributed by atoms with Crippen LogP contribution in [-0.4, -0.2) is 45.2 Å². The number of hydrogen-bond donors (Lipinski definition) is 1. The van der Waals surface area contributed by atoms with Crippen LogP contribution < -0.4 is 10.1 Å². The molecule has 0 aliphatic carbocycles. The summed E-state index contributed by atoms with van der Waals surface area (Å²) in [7, 11) is 4.30. The Bertz CT molecular complexity index is 789. The third-order valence-corrected chi connectivity index (χ3v) is 7.37. The number of nitrogens with one attached hydrogen (secondary N) is 1. The van der Waals surface area contributed by atoms with Crippen molar-refractivity contribution in [1.82, 2.24) is 10.2 Å². The predicted molar refractivity (Wildman–Crippen MR) is 165 cm³/mol. The van der Waals surface area contributed by atoms with E-state index in [1.165, 1.54) is 56.2 Å². The molecule has 0 radical (unpaired) electrons. The summed E-state index contributed by atoms with van der Waals surface area (Å²) in [5, 5.41) is 3.25. The molecule has 0 aliphatic rings. The lowest BCUT2D eigenvalue weighted by Gasteiger charge is -2.26. The van der Waals surface area contributed by atoms with Crippen LogP contribution in [0.2, 0.25) is 0 Å². The summed E-state index contributed by atoms with van der Waals surface area (Å²) in [5.41, 5.74) is 3.05. The van der Waals surface area contributed by atoms with E-state index in [0.29, 0.717) is 5.41 Å². The van der Waals surface area contributed by atoms with Gasteiger partial charge in [-0.15, -0.1) is 6.58 Å². The van der Waals surface area contributed by atoms with Crippen molar-refractivity contribution in [3.05, 3.63) is 60.2 Å². The van der Waals surface area contributed by atoms with E-state index in [-0.39, 0.29) is 5.41 Å². The molecule has 0 fully saturated rings. The van der Waals surface area contributed by atoms with Crippen LogP contribution in [0, 0.1) is 10.8 Å². The summed E-state index contributed by atoms with van der Waals surface area (Å²) >= 11 is 0. The van der Waals surface area contributed by atoms with Gasteiger partial charge in [-0.25, -0.2) is 0 Å². The van der Waals surface area contributed by atoms with Crippen LogP contribution in [0.25, 0.3) is 6.08 Å². The number of rotatable bonds is 21. The van der Waals surface area contributed by atoms with E-state index in [4.69, 9.17) is 4.74 Å². The maximum absolute atomic E-state index is 6.00. The minimum absolute atomic E-state index is 0.0106. The molecule has 0 unspecified atom stereocenters. The van der Waals surface area contributed by atoms with E-state index < -0.39 is 0 Å². The Labute approximate surface area is 230 Å². The van der Waals surface area contributed by atoms with Crippen molar-refractivity contribution in [2.75, 3.05) is 40.3 Å². The Kier molecular flexibility index (Phi) is 16.5. The normalized spacial score (nSPS) is 13.6. The lowest BCUT2D eigenvalue weighted by molar-refractivity contribution is 0.245. The van der Waals surface area contributed by atoms with Crippen molar-refractivity contribution in [1.29, 1.82) is 0 Å². The lowest BCUT2D eigenvalue weighted by atomic mass is 9.82. The second-order valence-corrected chi connectivity index (χ2v) is 12.1. The highest BCUT2D eigenvalue weighted by Crippen LogP contribution is 2.29. The molecule has 0 spiro atoms. The van der Waals surface area contributed by atoms with E-state index >= 15 is 0 Å². The van der Waals surface area contributed by atoms with Crippen molar-refractivity contribution in [3.63, 3.8) is 0 Å². The molecule has 0 saturated heterocycles. The Morgan fingerprint density at radius 2 is 1.62 bits per heavy atom. The second-order valence-electron chi connectivity index (χ2n) is 12.1. The second kappa shape index (κ2) is 18.4. The van der Waals surface area contributed by atoms with E-state index in [2.05, 4.69) is 107 Å². The van der Waals surface area contributed by atoms with Gasteiger partial charge in [-0.2, -0.15) is 0 Å². The lowest BCUT2D eigenvalue weighted by Crippen LogP contribution is -2.23. The topological polar surface area (TPSA) is 24.5 Å². The minimum atomic E-state index is 0.0106.